The summed E-state index contributed by atoms with van der Waals surface area (Å²) in [7, 11) is 0. The Bertz CT molecular complexity index is 936. The summed E-state index contributed by atoms with van der Waals surface area (Å²) in [5.74, 6) is -1.56. The molecule has 1 atom stereocenters. The van der Waals surface area contributed by atoms with E-state index in [1.165, 1.54) is 6.92 Å². The molecule has 0 saturated heterocycles. The minimum atomic E-state index is -0.923. The van der Waals surface area contributed by atoms with E-state index < -0.39 is 23.8 Å². The first-order valence-electron chi connectivity index (χ1n) is 9.76. The molecule has 1 unspecified atom stereocenters. The molecule has 0 radical (unpaired) electrons. The molecule has 0 spiro atoms. The zero-order valence-corrected chi connectivity index (χ0v) is 16.7. The van der Waals surface area contributed by atoms with Crippen LogP contribution >= 0.6 is 0 Å². The van der Waals surface area contributed by atoms with E-state index in [9.17, 15) is 19.2 Å². The number of carbonyl (C=O) groups excluding carboxylic acids is 4. The fourth-order valence-electron chi connectivity index (χ4n) is 3.22. The maximum Gasteiger partial charge on any atom is 0.262 e. The Morgan fingerprint density at radius 2 is 1.50 bits per heavy atom. The van der Waals surface area contributed by atoms with Crippen LogP contribution in [0.15, 0.2) is 48.5 Å². The Balaban J connectivity index is 1.43. The van der Waals surface area contributed by atoms with E-state index in [2.05, 4.69) is 10.6 Å². The highest BCUT2D eigenvalue weighted by atomic mass is 16.2. The first-order valence-corrected chi connectivity index (χ1v) is 9.76. The average Bonchev–Trinajstić information content (AvgIpc) is 3.03. The summed E-state index contributed by atoms with van der Waals surface area (Å²) >= 11 is 0. The van der Waals surface area contributed by atoms with Gasteiger partial charge in [-0.15, -0.1) is 0 Å². The Morgan fingerprint density at radius 1 is 0.933 bits per heavy atom. The van der Waals surface area contributed by atoms with Gasteiger partial charge in [0.25, 0.3) is 17.7 Å². The van der Waals surface area contributed by atoms with Crippen LogP contribution in [0.1, 0.15) is 50.0 Å². The second kappa shape index (κ2) is 9.32. The van der Waals surface area contributed by atoms with Crippen LogP contribution in [0.4, 0.5) is 0 Å². The second-order valence-corrected chi connectivity index (χ2v) is 7.00. The van der Waals surface area contributed by atoms with Gasteiger partial charge in [0.15, 0.2) is 0 Å². The number of nitrogens with zero attached hydrogens (tertiary/aromatic N) is 1. The molecule has 4 N–H and O–H groups in total. The number of hydrogen-bond acceptors (Lipinski definition) is 5. The normalized spacial score (nSPS) is 13.7. The van der Waals surface area contributed by atoms with Gasteiger partial charge in [-0.25, -0.2) is 0 Å². The molecular weight excluding hydrogens is 384 g/mol. The summed E-state index contributed by atoms with van der Waals surface area (Å²) in [6.45, 7) is 2.61. The van der Waals surface area contributed by atoms with Crippen molar-refractivity contribution >= 4 is 23.6 Å². The lowest BCUT2D eigenvalue weighted by Crippen LogP contribution is -2.48. The van der Waals surface area contributed by atoms with Gasteiger partial charge in [0.1, 0.15) is 6.04 Å². The topological polar surface area (TPSA) is 122 Å². The maximum absolute atomic E-state index is 12.4. The molecule has 30 heavy (non-hydrogen) atoms. The standard InChI is InChI=1S/C22H24N4O4/c1-14(26-21(29)17-5-2-3-6-18(17)22(26)30)19(27)24-11-4-12-25-20(28)16-9-7-15(13-23)8-10-16/h2-3,5-10,14H,4,11-13,23H2,1H3,(H,24,27)(H,25,28). The van der Waals surface area contributed by atoms with Crippen LogP contribution in [0.3, 0.4) is 0 Å². The van der Waals surface area contributed by atoms with Gasteiger partial charge in [0, 0.05) is 25.2 Å². The van der Waals surface area contributed by atoms with Crippen molar-refractivity contribution in [1.82, 2.24) is 15.5 Å². The molecule has 1 aliphatic heterocycles. The smallest absolute Gasteiger partial charge is 0.262 e. The highest BCUT2D eigenvalue weighted by Crippen LogP contribution is 2.24. The fourth-order valence-corrected chi connectivity index (χ4v) is 3.22. The van der Waals surface area contributed by atoms with Crippen LogP contribution in [0.25, 0.3) is 0 Å². The first kappa shape index (κ1) is 21.2. The van der Waals surface area contributed by atoms with E-state index in [1.54, 1.807) is 48.5 Å². The third-order valence-electron chi connectivity index (χ3n) is 4.98. The lowest BCUT2D eigenvalue weighted by molar-refractivity contribution is -0.124. The zero-order chi connectivity index (χ0) is 21.7. The number of carbonyl (C=O) groups is 4. The number of rotatable bonds is 8. The van der Waals surface area contributed by atoms with Gasteiger partial charge in [0.05, 0.1) is 11.1 Å². The number of imide groups is 1. The van der Waals surface area contributed by atoms with Gasteiger partial charge >= 0.3 is 0 Å². The van der Waals surface area contributed by atoms with Crippen molar-refractivity contribution < 1.29 is 19.2 Å². The van der Waals surface area contributed by atoms with E-state index in [0.717, 1.165) is 10.5 Å². The van der Waals surface area contributed by atoms with Crippen molar-refractivity contribution in [2.75, 3.05) is 13.1 Å². The highest BCUT2D eigenvalue weighted by molar-refractivity contribution is 6.22. The molecule has 8 nitrogen and oxygen atoms in total. The maximum atomic E-state index is 12.4. The largest absolute Gasteiger partial charge is 0.354 e. The highest BCUT2D eigenvalue weighted by Gasteiger charge is 2.40. The fraction of sp³-hybridized carbons (Fsp3) is 0.273. The molecular formula is C22H24N4O4. The zero-order valence-electron chi connectivity index (χ0n) is 16.7. The monoisotopic (exact) mass is 408 g/mol. The van der Waals surface area contributed by atoms with E-state index in [4.69, 9.17) is 5.73 Å². The van der Waals surface area contributed by atoms with Crippen molar-refractivity contribution in [2.24, 2.45) is 5.73 Å². The van der Waals surface area contributed by atoms with Crippen molar-refractivity contribution in [1.29, 1.82) is 0 Å². The minimum absolute atomic E-state index is 0.204. The molecule has 8 heteroatoms. The van der Waals surface area contributed by atoms with Crippen LogP contribution in [0.5, 0.6) is 0 Å². The molecule has 2 aromatic carbocycles. The molecule has 2 aromatic rings. The van der Waals surface area contributed by atoms with Crippen LogP contribution in [0.2, 0.25) is 0 Å². The van der Waals surface area contributed by atoms with E-state index >= 15 is 0 Å². The molecule has 0 saturated carbocycles. The van der Waals surface area contributed by atoms with Crippen molar-refractivity contribution in [2.45, 2.75) is 25.9 Å². The second-order valence-electron chi connectivity index (χ2n) is 7.00. The summed E-state index contributed by atoms with van der Waals surface area (Å²) in [5, 5.41) is 5.49. The first-order chi connectivity index (χ1) is 14.4. The van der Waals surface area contributed by atoms with Crippen molar-refractivity contribution in [3.8, 4) is 0 Å². The molecule has 4 amide bonds. The summed E-state index contributed by atoms with van der Waals surface area (Å²) in [6.07, 6.45) is 0.507. The van der Waals surface area contributed by atoms with E-state index in [0.29, 0.717) is 42.7 Å². The quantitative estimate of drug-likeness (QED) is 0.446. The summed E-state index contributed by atoms with van der Waals surface area (Å²) in [4.78, 5) is 50.4. The molecule has 0 aromatic heterocycles. The van der Waals surface area contributed by atoms with Gasteiger partial charge in [-0.3, -0.25) is 24.1 Å². The molecule has 0 fully saturated rings. The SMILES string of the molecule is CC(C(=O)NCCCNC(=O)c1ccc(CN)cc1)N1C(=O)c2ccccc2C1=O. The number of nitrogens with one attached hydrogen (secondary N) is 2. The molecule has 1 heterocycles. The van der Waals surface area contributed by atoms with Gasteiger partial charge in [0.2, 0.25) is 5.91 Å². The van der Waals surface area contributed by atoms with Gasteiger partial charge in [-0.05, 0) is 43.2 Å². The van der Waals surface area contributed by atoms with Crippen molar-refractivity contribution in [3.63, 3.8) is 0 Å². The number of fused-ring (bicyclic) bond motifs is 1. The number of amides is 4. The van der Waals surface area contributed by atoms with Gasteiger partial charge in [-0.2, -0.15) is 0 Å². The summed E-state index contributed by atoms with van der Waals surface area (Å²) < 4.78 is 0. The lowest BCUT2D eigenvalue weighted by atomic mass is 10.1. The predicted octanol–water partition coefficient (Wildman–Crippen LogP) is 1.07. The van der Waals surface area contributed by atoms with Crippen LogP contribution in [-0.4, -0.2) is 47.7 Å². The predicted molar refractivity (Wildman–Crippen MR) is 111 cm³/mol. The van der Waals surface area contributed by atoms with Crippen LogP contribution < -0.4 is 16.4 Å². The van der Waals surface area contributed by atoms with Crippen LogP contribution in [0, 0.1) is 0 Å². The van der Waals surface area contributed by atoms with Gasteiger partial charge in [-0.1, -0.05) is 24.3 Å². The molecule has 156 valence electrons. The Kier molecular flexibility index (Phi) is 6.58. The third kappa shape index (κ3) is 4.38. The Morgan fingerprint density at radius 3 is 2.07 bits per heavy atom. The average molecular weight is 408 g/mol. The van der Waals surface area contributed by atoms with Gasteiger partial charge < -0.3 is 16.4 Å². The number of nitrogens with two attached hydrogens (primary N) is 1. The number of hydrogen-bond donors (Lipinski definition) is 3. The Labute approximate surface area is 174 Å². The molecule has 3 rings (SSSR count). The summed E-state index contributed by atoms with van der Waals surface area (Å²) in [5.41, 5.74) is 7.64. The number of benzene rings is 2. The third-order valence-corrected chi connectivity index (χ3v) is 4.98. The van der Waals surface area contributed by atoms with E-state index in [-0.39, 0.29) is 5.91 Å². The molecule has 1 aliphatic rings. The van der Waals surface area contributed by atoms with Crippen molar-refractivity contribution in [3.05, 3.63) is 70.8 Å². The molecule has 0 bridgehead atoms. The summed E-state index contributed by atoms with van der Waals surface area (Å²) in [6, 6.07) is 12.6. The minimum Gasteiger partial charge on any atom is -0.354 e. The Hall–Kier alpha value is -3.52. The van der Waals surface area contributed by atoms with E-state index in [1.807, 2.05) is 0 Å². The van der Waals surface area contributed by atoms with Crippen LogP contribution in [-0.2, 0) is 11.3 Å². The lowest BCUT2D eigenvalue weighted by Gasteiger charge is -2.21. The molecule has 0 aliphatic carbocycles.